The van der Waals surface area contributed by atoms with E-state index in [-0.39, 0.29) is 23.3 Å². The van der Waals surface area contributed by atoms with Crippen LogP contribution in [0.2, 0.25) is 0 Å². The highest BCUT2D eigenvalue weighted by atomic mass is 32.2. The molecule has 1 aromatic rings. The zero-order chi connectivity index (χ0) is 28.4. The smallest absolute Gasteiger partial charge is 0.255 e. The molecule has 0 aliphatic heterocycles. The number of aliphatic hydroxyl groups excluding tert-OH is 2. The van der Waals surface area contributed by atoms with Crippen molar-refractivity contribution in [3.05, 3.63) is 51.0 Å². The molecule has 0 aromatic heterocycles. The predicted octanol–water partition coefficient (Wildman–Crippen LogP) is 2.99. The number of benzene rings is 1. The minimum Gasteiger partial charge on any atom is -0.510 e. The van der Waals surface area contributed by atoms with E-state index in [1.807, 2.05) is 13.0 Å². The molecule has 10 heteroatoms. The van der Waals surface area contributed by atoms with Crippen molar-refractivity contribution in [3.63, 3.8) is 0 Å². The number of nitrogens with zero attached hydrogens (tertiary/aromatic N) is 1. The average Bonchev–Trinajstić information content (AvgIpc) is 2.87. The van der Waals surface area contributed by atoms with Gasteiger partial charge in [-0.05, 0) is 63.7 Å². The fraction of sp³-hybridized carbons (Fsp3) is 0.552. The highest BCUT2D eigenvalue weighted by molar-refractivity contribution is 7.99. The molecule has 1 aromatic carbocycles. The third kappa shape index (κ3) is 4.19. The van der Waals surface area contributed by atoms with Gasteiger partial charge in [-0.3, -0.25) is 19.3 Å². The zero-order valence-corrected chi connectivity index (χ0v) is 23.3. The van der Waals surface area contributed by atoms with E-state index in [4.69, 9.17) is 5.73 Å². The van der Waals surface area contributed by atoms with Crippen LogP contribution < -0.4 is 5.73 Å². The van der Waals surface area contributed by atoms with Gasteiger partial charge in [-0.1, -0.05) is 25.3 Å². The number of ketones is 2. The third-order valence-electron chi connectivity index (χ3n) is 9.05. The monoisotopic (exact) mass is 556 g/mol. The van der Waals surface area contributed by atoms with E-state index in [9.17, 15) is 34.8 Å². The number of nitrogens with two attached hydrogens (primary N) is 1. The molecule has 1 saturated carbocycles. The van der Waals surface area contributed by atoms with Crippen LogP contribution in [0.25, 0.3) is 0 Å². The molecule has 0 heterocycles. The molecule has 0 saturated heterocycles. The van der Waals surface area contributed by atoms with Crippen molar-refractivity contribution in [2.24, 2.45) is 17.6 Å². The number of Topliss-reactive ketones (excluding diaryl/α,β-unsaturated/α-hetero) is 2. The van der Waals surface area contributed by atoms with Crippen molar-refractivity contribution in [3.8, 4) is 5.75 Å². The number of phenols is 1. The zero-order valence-electron chi connectivity index (χ0n) is 22.5. The van der Waals surface area contributed by atoms with Gasteiger partial charge in [-0.15, -0.1) is 0 Å². The summed E-state index contributed by atoms with van der Waals surface area (Å²) in [5, 5.41) is 45.8. The summed E-state index contributed by atoms with van der Waals surface area (Å²) in [5.74, 6) is -5.66. The highest BCUT2D eigenvalue weighted by Crippen LogP contribution is 2.53. The first kappa shape index (κ1) is 27.7. The number of aromatic hydroxyl groups is 1. The lowest BCUT2D eigenvalue weighted by atomic mass is 9.58. The fourth-order valence-electron chi connectivity index (χ4n) is 7.12. The van der Waals surface area contributed by atoms with Crippen LogP contribution in [0, 0.1) is 18.8 Å². The predicted molar refractivity (Wildman–Crippen MR) is 147 cm³/mol. The van der Waals surface area contributed by atoms with Crippen molar-refractivity contribution >= 4 is 29.2 Å². The summed E-state index contributed by atoms with van der Waals surface area (Å²) >= 11 is 1.77. The van der Waals surface area contributed by atoms with E-state index in [0.29, 0.717) is 28.6 Å². The highest BCUT2D eigenvalue weighted by Gasteiger charge is 2.63. The van der Waals surface area contributed by atoms with Crippen LogP contribution in [0.4, 0.5) is 0 Å². The number of fused-ring (bicyclic) bond motifs is 3. The van der Waals surface area contributed by atoms with Crippen molar-refractivity contribution in [2.75, 3.05) is 14.1 Å². The van der Waals surface area contributed by atoms with E-state index in [2.05, 4.69) is 0 Å². The summed E-state index contributed by atoms with van der Waals surface area (Å²) in [4.78, 5) is 41.0. The first-order valence-corrected chi connectivity index (χ1v) is 14.5. The summed E-state index contributed by atoms with van der Waals surface area (Å²) in [6.45, 7) is 1.90. The van der Waals surface area contributed by atoms with Gasteiger partial charge in [0.1, 0.15) is 22.8 Å². The largest absolute Gasteiger partial charge is 0.510 e. The molecule has 9 nitrogen and oxygen atoms in total. The number of likely N-dealkylation sites (N-methyl/N-ethyl adjacent to an activating group) is 1. The Hall–Kier alpha value is -2.82. The minimum absolute atomic E-state index is 0.0885. The Balaban J connectivity index is 1.59. The molecule has 5 rings (SSSR count). The van der Waals surface area contributed by atoms with Crippen LogP contribution >= 0.6 is 11.8 Å². The molecule has 4 unspecified atom stereocenters. The van der Waals surface area contributed by atoms with Crippen LogP contribution in [0.5, 0.6) is 5.75 Å². The van der Waals surface area contributed by atoms with E-state index in [1.165, 1.54) is 19.3 Å². The third-order valence-corrected chi connectivity index (χ3v) is 10.5. The summed E-state index contributed by atoms with van der Waals surface area (Å²) in [5.41, 5.74) is 4.12. The van der Waals surface area contributed by atoms with Gasteiger partial charge in [-0.2, -0.15) is 11.8 Å². The number of hydrogen-bond acceptors (Lipinski definition) is 9. The molecule has 4 aliphatic carbocycles. The lowest BCUT2D eigenvalue weighted by Crippen LogP contribution is -2.63. The molecule has 1 amide bonds. The lowest BCUT2D eigenvalue weighted by Gasteiger charge is -2.50. The average molecular weight is 557 g/mol. The van der Waals surface area contributed by atoms with Gasteiger partial charge < -0.3 is 26.2 Å². The second-order valence-electron chi connectivity index (χ2n) is 11.6. The van der Waals surface area contributed by atoms with Gasteiger partial charge in [0.2, 0.25) is 5.78 Å². The number of carbonyl (C=O) groups excluding carboxylic acids is 3. The first-order chi connectivity index (χ1) is 18.4. The molecule has 210 valence electrons. The topological polar surface area (TPSA) is 161 Å². The van der Waals surface area contributed by atoms with Gasteiger partial charge >= 0.3 is 0 Å². The van der Waals surface area contributed by atoms with Crippen LogP contribution in [0.3, 0.4) is 0 Å². The molecule has 39 heavy (non-hydrogen) atoms. The maximum Gasteiger partial charge on any atom is 0.255 e. The summed E-state index contributed by atoms with van der Waals surface area (Å²) in [6, 6.07) is 0.926. The minimum atomic E-state index is -2.62. The van der Waals surface area contributed by atoms with Crippen molar-refractivity contribution in [2.45, 2.75) is 74.5 Å². The maximum atomic E-state index is 13.9. The SMILES string of the molecule is Cc1cc(CSC2CCCCC2)c(O)c2c1CC1CC3C(N(C)C)C(O)=C(C(N)=O)C(=O)C3(O)C(O)=C1C2=O. The Labute approximate surface area is 231 Å². The summed E-state index contributed by atoms with van der Waals surface area (Å²) in [7, 11) is 3.23. The number of carbonyl (C=O) groups is 3. The van der Waals surface area contributed by atoms with Gasteiger partial charge in [0.15, 0.2) is 11.4 Å². The summed E-state index contributed by atoms with van der Waals surface area (Å²) in [6.07, 6.45) is 6.31. The second-order valence-corrected chi connectivity index (χ2v) is 12.9. The Morgan fingerprint density at radius 3 is 2.44 bits per heavy atom. The Bertz CT molecular complexity index is 1330. The number of primary amides is 1. The lowest BCUT2D eigenvalue weighted by molar-refractivity contribution is -0.148. The van der Waals surface area contributed by atoms with E-state index in [0.717, 1.165) is 18.4 Å². The number of phenolic OH excluding ortho intramolecular Hbond substituents is 1. The number of aryl methyl sites for hydroxylation is 1. The van der Waals surface area contributed by atoms with Gasteiger partial charge in [0, 0.05) is 28.1 Å². The van der Waals surface area contributed by atoms with Crippen LogP contribution in [-0.2, 0) is 21.8 Å². The number of amides is 1. The van der Waals surface area contributed by atoms with Crippen molar-refractivity contribution in [1.82, 2.24) is 4.90 Å². The normalized spacial score (nSPS) is 29.4. The molecule has 0 bridgehead atoms. The van der Waals surface area contributed by atoms with Gasteiger partial charge in [0.05, 0.1) is 11.6 Å². The van der Waals surface area contributed by atoms with E-state index < -0.39 is 58.0 Å². The maximum absolute atomic E-state index is 13.9. The van der Waals surface area contributed by atoms with E-state index in [1.54, 1.807) is 30.8 Å². The van der Waals surface area contributed by atoms with E-state index >= 15 is 0 Å². The molecule has 6 N–H and O–H groups in total. The van der Waals surface area contributed by atoms with Crippen molar-refractivity contribution in [1.29, 1.82) is 0 Å². The first-order valence-electron chi connectivity index (χ1n) is 13.5. The van der Waals surface area contributed by atoms with Gasteiger partial charge in [0.25, 0.3) is 5.91 Å². The number of hydrogen-bond donors (Lipinski definition) is 5. The molecule has 0 radical (unpaired) electrons. The van der Waals surface area contributed by atoms with Crippen LogP contribution in [-0.4, -0.2) is 73.8 Å². The molecule has 4 atom stereocenters. The molecule has 0 spiro atoms. The molecular weight excluding hydrogens is 520 g/mol. The molecule has 1 fully saturated rings. The molecular formula is C29H36N2O7S. The number of rotatable bonds is 5. The van der Waals surface area contributed by atoms with Crippen LogP contribution in [0.1, 0.15) is 65.6 Å². The second kappa shape index (κ2) is 9.98. The Morgan fingerprint density at radius 2 is 1.82 bits per heavy atom. The van der Waals surface area contributed by atoms with Crippen molar-refractivity contribution < 1.29 is 34.8 Å². The van der Waals surface area contributed by atoms with Gasteiger partial charge in [-0.25, -0.2) is 0 Å². The number of allylic oxidation sites excluding steroid dienone is 1. The Kier molecular flexibility index (Phi) is 7.10. The number of thioether (sulfide) groups is 1. The quantitative estimate of drug-likeness (QED) is 0.343. The fourth-order valence-corrected chi connectivity index (χ4v) is 8.43. The standard InChI is InChI=1S/C29H36N2O7S/c1-13-9-15(12-39-16-7-5-4-6-8-16)23(32)20-17(13)10-14-11-18-22(31(2)3)25(34)21(28(30)37)27(36)29(18,38)26(35)19(14)24(20)33/h9,14,16,18,22,32,34-35,38H,4-8,10-12H2,1-3H3,(H2,30,37). The summed E-state index contributed by atoms with van der Waals surface area (Å²) < 4.78 is 0. The Morgan fingerprint density at radius 1 is 1.15 bits per heavy atom. The number of aliphatic hydroxyl groups is 3. The molecule has 4 aliphatic rings. The van der Waals surface area contributed by atoms with Crippen LogP contribution in [0.15, 0.2) is 28.7 Å².